The van der Waals surface area contributed by atoms with Gasteiger partial charge >= 0.3 is 5.63 Å². The topological polar surface area (TPSA) is 133 Å². The van der Waals surface area contributed by atoms with E-state index in [1.54, 1.807) is 6.26 Å². The highest BCUT2D eigenvalue weighted by Gasteiger charge is 2.68. The van der Waals surface area contributed by atoms with E-state index in [0.717, 1.165) is 50.5 Å². The van der Waals surface area contributed by atoms with Crippen molar-refractivity contribution in [3.05, 3.63) is 34.4 Å². The number of hydrogen-bond donors (Lipinski definition) is 5. The molecule has 32 heavy (non-hydrogen) atoms. The van der Waals surface area contributed by atoms with Crippen LogP contribution in [-0.4, -0.2) is 33.9 Å². The molecule has 7 nitrogen and oxygen atoms in total. The third-order valence-corrected chi connectivity index (χ3v) is 10.4. The molecule has 4 saturated carbocycles. The molecule has 0 spiro atoms. The van der Waals surface area contributed by atoms with Crippen LogP contribution in [0.3, 0.4) is 0 Å². The lowest BCUT2D eigenvalue weighted by Crippen LogP contribution is -2.67. The Kier molecular flexibility index (Phi) is 5.02. The monoisotopic (exact) mass is 443 g/mol. The van der Waals surface area contributed by atoms with Crippen molar-refractivity contribution < 1.29 is 14.6 Å². The second-order valence-corrected chi connectivity index (χ2v) is 11.4. The van der Waals surface area contributed by atoms with Gasteiger partial charge in [-0.3, -0.25) is 5.41 Å². The molecule has 4 aliphatic carbocycles. The van der Waals surface area contributed by atoms with E-state index in [2.05, 4.69) is 19.2 Å². The van der Waals surface area contributed by atoms with Gasteiger partial charge < -0.3 is 25.7 Å². The fourth-order valence-corrected chi connectivity index (χ4v) is 8.81. The summed E-state index contributed by atoms with van der Waals surface area (Å²) in [7, 11) is 0. The van der Waals surface area contributed by atoms with E-state index in [1.807, 2.05) is 6.07 Å². The Labute approximate surface area is 189 Å². The molecule has 1 unspecified atom stereocenters. The van der Waals surface area contributed by atoms with Crippen molar-refractivity contribution in [1.29, 1.82) is 5.41 Å². The average molecular weight is 444 g/mol. The smallest absolute Gasteiger partial charge is 0.335 e. The molecule has 0 aliphatic heterocycles. The number of aliphatic hydroxyl groups excluding tert-OH is 1. The van der Waals surface area contributed by atoms with E-state index >= 15 is 0 Å². The van der Waals surface area contributed by atoms with Gasteiger partial charge in [0.25, 0.3) is 0 Å². The summed E-state index contributed by atoms with van der Waals surface area (Å²) >= 11 is 0. The Balaban J connectivity index is 1.50. The lowest BCUT2D eigenvalue weighted by atomic mass is 9.42. The zero-order valence-electron chi connectivity index (χ0n) is 19.1. The Morgan fingerprint density at radius 2 is 1.94 bits per heavy atom. The van der Waals surface area contributed by atoms with E-state index in [9.17, 15) is 15.0 Å². The van der Waals surface area contributed by atoms with Crippen LogP contribution in [0.4, 0.5) is 0 Å². The van der Waals surface area contributed by atoms with Gasteiger partial charge in [-0.1, -0.05) is 13.8 Å². The minimum Gasteiger partial charge on any atom is -0.431 e. The number of nitrogens with one attached hydrogen (secondary N) is 2. The number of rotatable bonds is 2. The molecule has 1 aromatic rings. The van der Waals surface area contributed by atoms with E-state index in [-0.39, 0.29) is 46.4 Å². The molecular weight excluding hydrogens is 406 g/mol. The van der Waals surface area contributed by atoms with E-state index < -0.39 is 5.60 Å². The predicted octanol–water partition coefficient (Wildman–Crippen LogP) is 2.70. The summed E-state index contributed by atoms with van der Waals surface area (Å²) in [5.41, 5.74) is 5.26. The molecule has 176 valence electrons. The van der Waals surface area contributed by atoms with Crippen LogP contribution in [0.5, 0.6) is 0 Å². The summed E-state index contributed by atoms with van der Waals surface area (Å²) in [5.74, 6) is 0.975. The van der Waals surface area contributed by atoms with Crippen molar-refractivity contribution in [3.8, 4) is 0 Å². The standard InChI is InChI=1S/C25H37N3O4/c1-23-9-7-18-19(25(23,31)10-8-17(23)14-3-6-21(30)32-13-14)5-4-15-11-16(29)12-20(24(15,18)2)28-22(26)27/h3,6,13,15-20,29,31H,4-5,7-12H2,1-2H3,(H4,26,27,28)/t15-,16-,17-,18+,19-,20?,23-,24+,25+/m1/s1. The zero-order chi connectivity index (χ0) is 22.9. The zero-order valence-corrected chi connectivity index (χ0v) is 19.1. The van der Waals surface area contributed by atoms with Gasteiger partial charge in [-0.2, -0.15) is 0 Å². The van der Waals surface area contributed by atoms with Gasteiger partial charge in [-0.25, -0.2) is 4.79 Å². The van der Waals surface area contributed by atoms with Crippen LogP contribution in [0.1, 0.15) is 76.7 Å². The minimum absolute atomic E-state index is 0.0444. The van der Waals surface area contributed by atoms with Crippen LogP contribution in [0.25, 0.3) is 0 Å². The molecule has 5 rings (SSSR count). The lowest BCUT2D eigenvalue weighted by molar-refractivity contribution is -0.210. The first-order valence-electron chi connectivity index (χ1n) is 12.2. The van der Waals surface area contributed by atoms with Crippen molar-refractivity contribution in [1.82, 2.24) is 5.32 Å². The van der Waals surface area contributed by atoms with E-state index in [4.69, 9.17) is 15.6 Å². The molecule has 1 aromatic heterocycles. The molecule has 7 heteroatoms. The SMILES string of the molecule is C[C@]12C(NC(=N)N)C[C@H](O)C[C@H]1CC[C@@H]1[C@@H]2CC[C@]2(C)[C@@H](c3ccc(=O)oc3)CC[C@]12O. The molecular formula is C25H37N3O4. The molecule has 0 bridgehead atoms. The second-order valence-electron chi connectivity index (χ2n) is 11.4. The van der Waals surface area contributed by atoms with Crippen LogP contribution < -0.4 is 16.7 Å². The molecule has 9 atom stereocenters. The third-order valence-electron chi connectivity index (χ3n) is 10.4. The molecule has 0 amide bonds. The molecule has 4 fully saturated rings. The Hall–Kier alpha value is -1.86. The van der Waals surface area contributed by atoms with Crippen molar-refractivity contribution in [3.63, 3.8) is 0 Å². The number of nitrogens with two attached hydrogens (primary N) is 1. The van der Waals surface area contributed by atoms with Crippen LogP contribution in [0, 0.1) is 34.0 Å². The summed E-state index contributed by atoms with van der Waals surface area (Å²) in [4.78, 5) is 11.5. The van der Waals surface area contributed by atoms with E-state index in [0.29, 0.717) is 18.3 Å². The van der Waals surface area contributed by atoms with Gasteiger partial charge in [0.15, 0.2) is 5.96 Å². The maximum atomic E-state index is 12.3. The number of fused-ring (bicyclic) bond motifs is 5. The predicted molar refractivity (Wildman–Crippen MR) is 121 cm³/mol. The first-order valence-corrected chi connectivity index (χ1v) is 12.2. The van der Waals surface area contributed by atoms with Crippen molar-refractivity contribution in [2.24, 2.45) is 34.3 Å². The van der Waals surface area contributed by atoms with Crippen molar-refractivity contribution >= 4 is 5.96 Å². The molecule has 0 saturated heterocycles. The highest BCUT2D eigenvalue weighted by atomic mass is 16.4. The summed E-state index contributed by atoms with van der Waals surface area (Å²) < 4.78 is 5.18. The van der Waals surface area contributed by atoms with Gasteiger partial charge in [0.2, 0.25) is 0 Å². The van der Waals surface area contributed by atoms with E-state index in [1.165, 1.54) is 6.07 Å². The number of hydrogen-bond acceptors (Lipinski definition) is 5. The Morgan fingerprint density at radius 1 is 1.16 bits per heavy atom. The second kappa shape index (κ2) is 7.32. The van der Waals surface area contributed by atoms with Gasteiger partial charge in [-0.05, 0) is 92.1 Å². The highest BCUT2D eigenvalue weighted by molar-refractivity contribution is 5.74. The first-order chi connectivity index (χ1) is 15.1. The van der Waals surface area contributed by atoms with Crippen LogP contribution in [-0.2, 0) is 0 Å². The lowest BCUT2D eigenvalue weighted by Gasteiger charge is -2.65. The Morgan fingerprint density at radius 3 is 2.62 bits per heavy atom. The maximum Gasteiger partial charge on any atom is 0.335 e. The third kappa shape index (κ3) is 2.93. The van der Waals surface area contributed by atoms with Gasteiger partial charge in [0.05, 0.1) is 18.0 Å². The molecule has 6 N–H and O–H groups in total. The number of aliphatic hydroxyl groups is 2. The summed E-state index contributed by atoms with van der Waals surface area (Å²) in [5, 5.41) is 33.9. The summed E-state index contributed by atoms with van der Waals surface area (Å²) in [6.45, 7) is 4.54. The minimum atomic E-state index is -0.776. The normalized spacial score (nSPS) is 47.8. The molecule has 1 heterocycles. The quantitative estimate of drug-likeness (QED) is 0.353. The maximum absolute atomic E-state index is 12.3. The van der Waals surface area contributed by atoms with Crippen LogP contribution in [0.2, 0.25) is 0 Å². The van der Waals surface area contributed by atoms with Crippen LogP contribution in [0.15, 0.2) is 27.6 Å². The molecule has 0 aromatic carbocycles. The van der Waals surface area contributed by atoms with Gasteiger partial charge in [0.1, 0.15) is 0 Å². The largest absolute Gasteiger partial charge is 0.431 e. The number of guanidine groups is 1. The van der Waals surface area contributed by atoms with Crippen molar-refractivity contribution in [2.75, 3.05) is 0 Å². The fraction of sp³-hybridized carbons (Fsp3) is 0.760. The summed E-state index contributed by atoms with van der Waals surface area (Å²) in [6.07, 6.45) is 8.10. The summed E-state index contributed by atoms with van der Waals surface area (Å²) in [6, 6.07) is 3.29. The first kappa shape index (κ1) is 22.0. The average Bonchev–Trinajstić information content (AvgIpc) is 3.01. The highest BCUT2D eigenvalue weighted by Crippen LogP contribution is 2.70. The van der Waals surface area contributed by atoms with Crippen molar-refractivity contribution in [2.45, 2.75) is 88.9 Å². The Bertz CT molecular complexity index is 944. The van der Waals surface area contributed by atoms with Gasteiger partial charge in [-0.15, -0.1) is 0 Å². The fourth-order valence-electron chi connectivity index (χ4n) is 8.81. The molecule has 4 aliphatic rings. The van der Waals surface area contributed by atoms with Crippen LogP contribution >= 0.6 is 0 Å². The molecule has 0 radical (unpaired) electrons. The van der Waals surface area contributed by atoms with Gasteiger partial charge in [0, 0.05) is 17.5 Å².